The molecule has 0 heterocycles. The van der Waals surface area contributed by atoms with Gasteiger partial charge in [-0.1, -0.05) is 18.2 Å². The molecule has 0 saturated heterocycles. The summed E-state index contributed by atoms with van der Waals surface area (Å²) in [6.07, 6.45) is -4.44. The zero-order valence-corrected chi connectivity index (χ0v) is 10.2. The summed E-state index contributed by atoms with van der Waals surface area (Å²) < 4.78 is 38.0. The first-order valence-electron chi connectivity index (χ1n) is 4.63. The molecular weight excluding hydrogens is 269 g/mol. The average molecular weight is 281 g/mol. The summed E-state index contributed by atoms with van der Waals surface area (Å²) in [6, 6.07) is 5.07. The number of nitrogens with two attached hydrogens (primary N) is 1. The topological polar surface area (TPSA) is 74.3 Å². The van der Waals surface area contributed by atoms with Gasteiger partial charge in [0.15, 0.2) is 0 Å². The van der Waals surface area contributed by atoms with Crippen LogP contribution in [0, 0.1) is 5.41 Å². The number of alkyl halides is 3. The number of rotatable bonds is 2. The molecule has 0 aliphatic heterocycles. The summed E-state index contributed by atoms with van der Waals surface area (Å²) in [7, 11) is 0. The van der Waals surface area contributed by atoms with Gasteiger partial charge in [-0.3, -0.25) is 5.41 Å². The summed E-state index contributed by atoms with van der Waals surface area (Å²) in [6.45, 7) is 1.40. The van der Waals surface area contributed by atoms with Gasteiger partial charge in [-0.25, -0.2) is 5.43 Å². The fraction of sp³-hybridized carbons (Fsp3) is 0.200. The Balaban J connectivity index is 0.00000289. The maximum absolute atomic E-state index is 12.7. The molecule has 100 valence electrons. The molecule has 4 nitrogen and oxygen atoms in total. The van der Waals surface area contributed by atoms with Gasteiger partial charge in [-0.15, -0.1) is 12.4 Å². The van der Waals surface area contributed by atoms with Crippen LogP contribution in [-0.2, 0) is 6.18 Å². The molecule has 0 atom stereocenters. The number of guanidine groups is 1. The number of nitrogens with zero attached hydrogens (tertiary/aromatic N) is 1. The van der Waals surface area contributed by atoms with Gasteiger partial charge in [0.25, 0.3) is 0 Å². The lowest BCUT2D eigenvalue weighted by Gasteiger charge is -2.12. The largest absolute Gasteiger partial charge is 0.417 e. The first-order chi connectivity index (χ1) is 7.82. The zero-order valence-electron chi connectivity index (χ0n) is 9.38. The molecule has 0 aromatic heterocycles. The van der Waals surface area contributed by atoms with E-state index in [1.54, 1.807) is 0 Å². The predicted octanol–water partition coefficient (Wildman–Crippen LogP) is 2.33. The molecule has 0 spiro atoms. The van der Waals surface area contributed by atoms with E-state index in [1.165, 1.54) is 25.1 Å². The second-order valence-corrected chi connectivity index (χ2v) is 3.27. The van der Waals surface area contributed by atoms with Gasteiger partial charge in [-0.2, -0.15) is 18.3 Å². The number of nitrogens with one attached hydrogen (secondary N) is 2. The van der Waals surface area contributed by atoms with E-state index in [2.05, 4.69) is 10.5 Å². The molecule has 0 saturated carbocycles. The molecule has 1 rings (SSSR count). The molecule has 0 aliphatic rings. The van der Waals surface area contributed by atoms with Crippen LogP contribution in [0.15, 0.2) is 29.4 Å². The van der Waals surface area contributed by atoms with E-state index in [9.17, 15) is 13.2 Å². The quantitative estimate of drug-likeness (QED) is 0.442. The van der Waals surface area contributed by atoms with Crippen LogP contribution in [0.1, 0.15) is 18.1 Å². The van der Waals surface area contributed by atoms with Crippen LogP contribution in [0.2, 0.25) is 0 Å². The lowest BCUT2D eigenvalue weighted by molar-refractivity contribution is -0.137. The molecule has 1 aromatic rings. The highest BCUT2D eigenvalue weighted by Crippen LogP contribution is 2.31. The molecule has 0 fully saturated rings. The van der Waals surface area contributed by atoms with E-state index in [0.717, 1.165) is 6.07 Å². The van der Waals surface area contributed by atoms with Crippen molar-refractivity contribution >= 4 is 24.1 Å². The first kappa shape index (κ1) is 16.2. The van der Waals surface area contributed by atoms with Crippen molar-refractivity contribution in [3.8, 4) is 0 Å². The van der Waals surface area contributed by atoms with Crippen LogP contribution in [-0.4, -0.2) is 11.7 Å². The highest BCUT2D eigenvalue weighted by atomic mass is 35.5. The predicted molar refractivity (Wildman–Crippen MR) is 66.0 cm³/mol. The van der Waals surface area contributed by atoms with E-state index >= 15 is 0 Å². The summed E-state index contributed by atoms with van der Waals surface area (Å²) in [5, 5.41) is 10.4. The molecule has 0 aliphatic carbocycles. The highest BCUT2D eigenvalue weighted by Gasteiger charge is 2.33. The lowest BCUT2D eigenvalue weighted by atomic mass is 10.0. The Kier molecular flexibility index (Phi) is 5.64. The molecule has 0 amide bonds. The lowest BCUT2D eigenvalue weighted by Crippen LogP contribution is -2.26. The summed E-state index contributed by atoms with van der Waals surface area (Å²) in [5.74, 6) is -0.436. The van der Waals surface area contributed by atoms with Crippen molar-refractivity contribution in [3.63, 3.8) is 0 Å². The highest BCUT2D eigenvalue weighted by molar-refractivity contribution is 6.00. The number of hydrogen-bond donors (Lipinski definition) is 3. The fourth-order valence-corrected chi connectivity index (χ4v) is 1.25. The molecular formula is C10H12ClF3N4. The summed E-state index contributed by atoms with van der Waals surface area (Å²) in [5.41, 5.74) is 6.38. The third-order valence-corrected chi connectivity index (χ3v) is 1.97. The van der Waals surface area contributed by atoms with Crippen molar-refractivity contribution in [2.45, 2.75) is 13.1 Å². The third kappa shape index (κ3) is 4.25. The Morgan fingerprint density at radius 2 is 1.89 bits per heavy atom. The van der Waals surface area contributed by atoms with Gasteiger partial charge in [0.1, 0.15) is 0 Å². The smallest absolute Gasteiger partial charge is 0.369 e. The standard InChI is InChI=1S/C10H11F3N4.ClH/c1-6(16-17-9(14)15)7-4-2-3-5-8(7)10(11,12)13;/h2-5H,1H3,(H4,14,15,17);1H/b16-6+;. The molecule has 0 radical (unpaired) electrons. The van der Waals surface area contributed by atoms with Crippen molar-refractivity contribution in [1.82, 2.24) is 5.43 Å². The summed E-state index contributed by atoms with van der Waals surface area (Å²) in [4.78, 5) is 0. The van der Waals surface area contributed by atoms with Crippen molar-refractivity contribution in [2.24, 2.45) is 10.8 Å². The average Bonchev–Trinajstić information content (AvgIpc) is 2.24. The van der Waals surface area contributed by atoms with Gasteiger partial charge in [0.2, 0.25) is 5.96 Å². The Labute approximate surface area is 108 Å². The van der Waals surface area contributed by atoms with Gasteiger partial charge in [0, 0.05) is 5.56 Å². The van der Waals surface area contributed by atoms with Crippen LogP contribution in [0.25, 0.3) is 0 Å². The van der Waals surface area contributed by atoms with E-state index in [1.807, 2.05) is 0 Å². The van der Waals surface area contributed by atoms with Crippen LogP contribution < -0.4 is 11.2 Å². The fourth-order valence-electron chi connectivity index (χ4n) is 1.25. The number of benzene rings is 1. The Morgan fingerprint density at radius 3 is 2.39 bits per heavy atom. The van der Waals surface area contributed by atoms with E-state index < -0.39 is 17.7 Å². The van der Waals surface area contributed by atoms with E-state index in [-0.39, 0.29) is 23.7 Å². The zero-order chi connectivity index (χ0) is 13.1. The van der Waals surface area contributed by atoms with Crippen molar-refractivity contribution in [3.05, 3.63) is 35.4 Å². The van der Waals surface area contributed by atoms with Gasteiger partial charge < -0.3 is 5.73 Å². The maximum Gasteiger partial charge on any atom is 0.417 e. The Hall–Kier alpha value is -1.76. The monoisotopic (exact) mass is 280 g/mol. The molecule has 0 bridgehead atoms. The van der Waals surface area contributed by atoms with E-state index in [0.29, 0.717) is 0 Å². The van der Waals surface area contributed by atoms with E-state index in [4.69, 9.17) is 11.1 Å². The summed E-state index contributed by atoms with van der Waals surface area (Å²) >= 11 is 0. The SMILES string of the molecule is C/C(=N\NC(=N)N)c1ccccc1C(F)(F)F.Cl. The number of hydrogen-bond acceptors (Lipinski definition) is 2. The maximum atomic E-state index is 12.7. The Bertz CT molecular complexity index is 457. The minimum atomic E-state index is -4.44. The molecule has 8 heteroatoms. The van der Waals surface area contributed by atoms with Crippen LogP contribution in [0.5, 0.6) is 0 Å². The number of hydrazone groups is 1. The van der Waals surface area contributed by atoms with Gasteiger partial charge in [-0.05, 0) is 13.0 Å². The molecule has 1 aromatic carbocycles. The van der Waals surface area contributed by atoms with Crippen LogP contribution >= 0.6 is 12.4 Å². The first-order valence-corrected chi connectivity index (χ1v) is 4.63. The second kappa shape index (κ2) is 6.25. The third-order valence-electron chi connectivity index (χ3n) is 1.97. The van der Waals surface area contributed by atoms with Gasteiger partial charge >= 0.3 is 6.18 Å². The van der Waals surface area contributed by atoms with Crippen molar-refractivity contribution in [1.29, 1.82) is 5.41 Å². The molecule has 18 heavy (non-hydrogen) atoms. The minimum Gasteiger partial charge on any atom is -0.369 e. The second-order valence-electron chi connectivity index (χ2n) is 3.27. The van der Waals surface area contributed by atoms with Crippen molar-refractivity contribution in [2.75, 3.05) is 0 Å². The van der Waals surface area contributed by atoms with Crippen LogP contribution in [0.3, 0.4) is 0 Å². The van der Waals surface area contributed by atoms with Gasteiger partial charge in [0.05, 0.1) is 11.3 Å². The normalized spacial score (nSPS) is 11.7. The minimum absolute atomic E-state index is 0. The van der Waals surface area contributed by atoms with Crippen LogP contribution in [0.4, 0.5) is 13.2 Å². The molecule has 4 N–H and O–H groups in total. The molecule has 0 unspecified atom stereocenters. The number of halogens is 4. The Morgan fingerprint density at radius 1 is 1.33 bits per heavy atom. The van der Waals surface area contributed by atoms with Crippen molar-refractivity contribution < 1.29 is 13.2 Å².